The number of amides is 1. The van der Waals surface area contributed by atoms with E-state index < -0.39 is 0 Å². The number of benzene rings is 1. The average molecular weight is 248 g/mol. The Hall–Kier alpha value is -1.51. The summed E-state index contributed by atoms with van der Waals surface area (Å²) in [4.78, 5) is 11.2. The van der Waals surface area contributed by atoms with Gasteiger partial charge in [0.15, 0.2) is 0 Å². The lowest BCUT2D eigenvalue weighted by Crippen LogP contribution is -2.23. The third-order valence-electron chi connectivity index (χ3n) is 3.38. The van der Waals surface area contributed by atoms with Crippen LogP contribution in [0.1, 0.15) is 40.5 Å². The first kappa shape index (κ1) is 14.6. The van der Waals surface area contributed by atoms with Gasteiger partial charge in [-0.25, -0.2) is 0 Å². The minimum Gasteiger partial charge on any atom is -0.382 e. The summed E-state index contributed by atoms with van der Waals surface area (Å²) in [5.74, 6) is 0.688. The van der Waals surface area contributed by atoms with Gasteiger partial charge in [0, 0.05) is 23.8 Å². The highest BCUT2D eigenvalue weighted by atomic mass is 16.1. The molecule has 2 N–H and O–H groups in total. The standard InChI is InChI=1S/C15H24N2O/c1-5-11(3)12(4)16-13-7-9-14(10-8-13)17-15(18)6-2/h7-12,16H,5-6H2,1-4H3,(H,17,18). The lowest BCUT2D eigenvalue weighted by molar-refractivity contribution is -0.115. The molecule has 0 bridgehead atoms. The van der Waals surface area contributed by atoms with E-state index in [1.54, 1.807) is 0 Å². The van der Waals surface area contributed by atoms with Gasteiger partial charge in [-0.2, -0.15) is 0 Å². The molecule has 0 radical (unpaired) electrons. The van der Waals surface area contributed by atoms with Crippen LogP contribution < -0.4 is 10.6 Å². The summed E-state index contributed by atoms with van der Waals surface area (Å²) >= 11 is 0. The molecule has 0 aliphatic rings. The quantitative estimate of drug-likeness (QED) is 0.802. The molecule has 0 aliphatic carbocycles. The van der Waals surface area contributed by atoms with Gasteiger partial charge in [0.05, 0.1) is 0 Å². The number of carbonyl (C=O) groups is 1. The number of rotatable bonds is 6. The molecule has 1 amide bonds. The molecule has 1 aromatic carbocycles. The van der Waals surface area contributed by atoms with Gasteiger partial charge in [-0.1, -0.05) is 27.2 Å². The van der Waals surface area contributed by atoms with Crippen molar-refractivity contribution in [2.45, 2.75) is 46.6 Å². The molecule has 18 heavy (non-hydrogen) atoms. The number of hydrogen-bond donors (Lipinski definition) is 2. The van der Waals surface area contributed by atoms with E-state index in [4.69, 9.17) is 0 Å². The average Bonchev–Trinajstić information content (AvgIpc) is 2.39. The Labute approximate surface area is 110 Å². The van der Waals surface area contributed by atoms with Gasteiger partial charge >= 0.3 is 0 Å². The van der Waals surface area contributed by atoms with E-state index in [9.17, 15) is 4.79 Å². The van der Waals surface area contributed by atoms with E-state index in [0.717, 1.165) is 11.4 Å². The van der Waals surface area contributed by atoms with Gasteiger partial charge in [-0.15, -0.1) is 0 Å². The fraction of sp³-hybridized carbons (Fsp3) is 0.533. The van der Waals surface area contributed by atoms with E-state index in [0.29, 0.717) is 18.4 Å². The Balaban J connectivity index is 2.57. The first-order chi connectivity index (χ1) is 8.56. The fourth-order valence-corrected chi connectivity index (χ4v) is 1.66. The Morgan fingerprint density at radius 2 is 1.67 bits per heavy atom. The summed E-state index contributed by atoms with van der Waals surface area (Å²) in [5.41, 5.74) is 1.95. The number of nitrogens with one attached hydrogen (secondary N) is 2. The maximum Gasteiger partial charge on any atom is 0.224 e. The van der Waals surface area contributed by atoms with E-state index in [-0.39, 0.29) is 5.91 Å². The van der Waals surface area contributed by atoms with Crippen LogP contribution in [0.2, 0.25) is 0 Å². The molecular weight excluding hydrogens is 224 g/mol. The molecule has 0 saturated heterocycles. The van der Waals surface area contributed by atoms with Crippen molar-refractivity contribution in [2.75, 3.05) is 10.6 Å². The minimum atomic E-state index is 0.0451. The Morgan fingerprint density at radius 1 is 1.11 bits per heavy atom. The van der Waals surface area contributed by atoms with Crippen molar-refractivity contribution in [3.63, 3.8) is 0 Å². The summed E-state index contributed by atoms with van der Waals surface area (Å²) in [7, 11) is 0. The molecule has 3 heteroatoms. The molecule has 3 nitrogen and oxygen atoms in total. The first-order valence-corrected chi connectivity index (χ1v) is 6.73. The van der Waals surface area contributed by atoms with Crippen LogP contribution >= 0.6 is 0 Å². The van der Waals surface area contributed by atoms with E-state index in [2.05, 4.69) is 31.4 Å². The van der Waals surface area contributed by atoms with Crippen LogP contribution in [0.15, 0.2) is 24.3 Å². The molecule has 100 valence electrons. The molecule has 0 aliphatic heterocycles. The lowest BCUT2D eigenvalue weighted by atomic mass is 10.0. The van der Waals surface area contributed by atoms with Gasteiger partial charge in [0.1, 0.15) is 0 Å². The topological polar surface area (TPSA) is 41.1 Å². The van der Waals surface area contributed by atoms with Crippen molar-refractivity contribution < 1.29 is 4.79 Å². The normalized spacial score (nSPS) is 13.8. The molecule has 2 atom stereocenters. The van der Waals surface area contributed by atoms with Crippen molar-refractivity contribution in [1.29, 1.82) is 0 Å². The van der Waals surface area contributed by atoms with Crippen LogP contribution in [0.25, 0.3) is 0 Å². The molecule has 0 aromatic heterocycles. The SMILES string of the molecule is CCC(=O)Nc1ccc(NC(C)C(C)CC)cc1. The second-order valence-electron chi connectivity index (χ2n) is 4.80. The van der Waals surface area contributed by atoms with Crippen LogP contribution in [0.3, 0.4) is 0 Å². The van der Waals surface area contributed by atoms with Crippen LogP contribution in [-0.4, -0.2) is 11.9 Å². The van der Waals surface area contributed by atoms with Crippen LogP contribution in [0.5, 0.6) is 0 Å². The highest BCUT2D eigenvalue weighted by Gasteiger charge is 2.09. The minimum absolute atomic E-state index is 0.0451. The molecule has 1 rings (SSSR count). The summed E-state index contributed by atoms with van der Waals surface area (Å²) in [6.45, 7) is 8.49. The second kappa shape index (κ2) is 7.04. The van der Waals surface area contributed by atoms with Gasteiger partial charge in [0.2, 0.25) is 5.91 Å². The van der Waals surface area contributed by atoms with Gasteiger partial charge < -0.3 is 10.6 Å². The smallest absolute Gasteiger partial charge is 0.224 e. The van der Waals surface area contributed by atoms with Crippen molar-refractivity contribution in [3.8, 4) is 0 Å². The predicted molar refractivity (Wildman–Crippen MR) is 77.9 cm³/mol. The highest BCUT2D eigenvalue weighted by molar-refractivity contribution is 5.90. The van der Waals surface area contributed by atoms with Crippen molar-refractivity contribution >= 4 is 17.3 Å². The van der Waals surface area contributed by atoms with Crippen molar-refractivity contribution in [3.05, 3.63) is 24.3 Å². The predicted octanol–water partition coefficient (Wildman–Crippen LogP) is 3.88. The summed E-state index contributed by atoms with van der Waals surface area (Å²) in [6.07, 6.45) is 1.67. The number of hydrogen-bond acceptors (Lipinski definition) is 2. The molecule has 0 heterocycles. The molecule has 1 aromatic rings. The van der Waals surface area contributed by atoms with Crippen molar-refractivity contribution in [2.24, 2.45) is 5.92 Å². The summed E-state index contributed by atoms with van der Waals surface area (Å²) in [5, 5.41) is 6.31. The zero-order chi connectivity index (χ0) is 13.5. The van der Waals surface area contributed by atoms with Crippen LogP contribution in [0, 0.1) is 5.92 Å². The zero-order valence-electron chi connectivity index (χ0n) is 11.8. The van der Waals surface area contributed by atoms with E-state index in [1.165, 1.54) is 6.42 Å². The zero-order valence-corrected chi connectivity index (χ0v) is 11.8. The summed E-state index contributed by atoms with van der Waals surface area (Å²) in [6, 6.07) is 8.32. The van der Waals surface area contributed by atoms with Gasteiger partial charge in [-0.3, -0.25) is 4.79 Å². The molecule has 0 spiro atoms. The highest BCUT2D eigenvalue weighted by Crippen LogP contribution is 2.17. The Bertz CT molecular complexity index is 373. The molecule has 2 unspecified atom stereocenters. The largest absolute Gasteiger partial charge is 0.382 e. The molecule has 0 saturated carbocycles. The van der Waals surface area contributed by atoms with Crippen LogP contribution in [-0.2, 0) is 4.79 Å². The first-order valence-electron chi connectivity index (χ1n) is 6.73. The van der Waals surface area contributed by atoms with Crippen LogP contribution in [0.4, 0.5) is 11.4 Å². The molecule has 0 fully saturated rings. The molecular formula is C15H24N2O. The maximum atomic E-state index is 11.2. The monoisotopic (exact) mass is 248 g/mol. The third-order valence-corrected chi connectivity index (χ3v) is 3.38. The second-order valence-corrected chi connectivity index (χ2v) is 4.80. The van der Waals surface area contributed by atoms with Gasteiger partial charge in [-0.05, 0) is 37.1 Å². The fourth-order valence-electron chi connectivity index (χ4n) is 1.66. The maximum absolute atomic E-state index is 11.2. The summed E-state index contributed by atoms with van der Waals surface area (Å²) < 4.78 is 0. The Morgan fingerprint density at radius 3 is 2.17 bits per heavy atom. The van der Waals surface area contributed by atoms with E-state index in [1.807, 2.05) is 31.2 Å². The lowest BCUT2D eigenvalue weighted by Gasteiger charge is -2.21. The number of anilines is 2. The third kappa shape index (κ3) is 4.40. The Kier molecular flexibility index (Phi) is 5.69. The van der Waals surface area contributed by atoms with E-state index >= 15 is 0 Å². The van der Waals surface area contributed by atoms with Crippen molar-refractivity contribution in [1.82, 2.24) is 0 Å². The van der Waals surface area contributed by atoms with Gasteiger partial charge in [0.25, 0.3) is 0 Å². The number of carbonyl (C=O) groups excluding carboxylic acids is 1.